The molecule has 1 unspecified atom stereocenters. The van der Waals surface area contributed by atoms with E-state index in [0.29, 0.717) is 0 Å². The third-order valence-electron chi connectivity index (χ3n) is 4.47. The maximum absolute atomic E-state index is 6.34. The molecule has 4 nitrogen and oxygen atoms in total. The number of methoxy groups -OCH3 is 1. The van der Waals surface area contributed by atoms with E-state index in [2.05, 4.69) is 46.2 Å². The first kappa shape index (κ1) is 15.8. The zero-order valence-electron chi connectivity index (χ0n) is 13.7. The monoisotopic (exact) mass is 311 g/mol. The minimum absolute atomic E-state index is 0.0829. The number of piperazine rings is 1. The highest BCUT2D eigenvalue weighted by atomic mass is 16.5. The molecule has 1 saturated heterocycles. The van der Waals surface area contributed by atoms with Gasteiger partial charge in [0.2, 0.25) is 0 Å². The second-order valence-corrected chi connectivity index (χ2v) is 6.01. The maximum Gasteiger partial charge on any atom is 0.120 e. The molecule has 1 fully saturated rings. The number of hydrogen-bond donors (Lipinski definition) is 1. The van der Waals surface area contributed by atoms with Gasteiger partial charge < -0.3 is 15.4 Å². The van der Waals surface area contributed by atoms with E-state index in [0.717, 1.165) is 38.5 Å². The first-order chi connectivity index (χ1) is 11.3. The number of ether oxygens (including phenoxy) is 1. The van der Waals surface area contributed by atoms with Crippen molar-refractivity contribution in [3.05, 3.63) is 60.2 Å². The Kier molecular flexibility index (Phi) is 5.16. The van der Waals surface area contributed by atoms with E-state index < -0.39 is 0 Å². The quantitative estimate of drug-likeness (QED) is 0.921. The molecule has 1 aliphatic rings. The lowest BCUT2D eigenvalue weighted by Crippen LogP contribution is -2.48. The molecule has 0 bridgehead atoms. The van der Waals surface area contributed by atoms with Gasteiger partial charge in [-0.25, -0.2) is 0 Å². The molecule has 2 aromatic rings. The molecule has 4 heteroatoms. The average molecular weight is 311 g/mol. The minimum atomic E-state index is 0.0829. The third kappa shape index (κ3) is 4.03. The largest absolute Gasteiger partial charge is 0.497 e. The fourth-order valence-electron chi connectivity index (χ4n) is 3.08. The van der Waals surface area contributed by atoms with E-state index in [9.17, 15) is 0 Å². The number of nitrogens with two attached hydrogens (primary N) is 1. The van der Waals surface area contributed by atoms with Crippen LogP contribution in [-0.4, -0.2) is 44.7 Å². The number of rotatable bonds is 5. The highest BCUT2D eigenvalue weighted by Crippen LogP contribution is 2.22. The van der Waals surface area contributed by atoms with Crippen LogP contribution in [0.25, 0.3) is 0 Å². The van der Waals surface area contributed by atoms with Gasteiger partial charge in [0, 0.05) is 50.5 Å². The van der Waals surface area contributed by atoms with Crippen molar-refractivity contribution in [1.82, 2.24) is 4.90 Å². The van der Waals surface area contributed by atoms with Crippen molar-refractivity contribution in [3.8, 4) is 5.75 Å². The lowest BCUT2D eigenvalue weighted by Gasteiger charge is -2.37. The second kappa shape index (κ2) is 7.49. The smallest absolute Gasteiger partial charge is 0.120 e. The summed E-state index contributed by atoms with van der Waals surface area (Å²) in [5.41, 5.74) is 8.78. The van der Waals surface area contributed by atoms with E-state index in [1.807, 2.05) is 18.2 Å². The molecule has 1 aliphatic heterocycles. The van der Waals surface area contributed by atoms with Crippen molar-refractivity contribution in [2.45, 2.75) is 6.04 Å². The molecular formula is C19H25N3O. The van der Waals surface area contributed by atoms with Gasteiger partial charge in [0.15, 0.2) is 0 Å². The molecule has 2 aromatic carbocycles. The summed E-state index contributed by atoms with van der Waals surface area (Å²) in [6.07, 6.45) is 0. The molecule has 2 N–H and O–H groups in total. The Labute approximate surface area is 138 Å². The lowest BCUT2D eigenvalue weighted by molar-refractivity contribution is 0.243. The molecule has 23 heavy (non-hydrogen) atoms. The van der Waals surface area contributed by atoms with Crippen molar-refractivity contribution in [2.24, 2.45) is 5.73 Å². The maximum atomic E-state index is 6.34. The van der Waals surface area contributed by atoms with Crippen LogP contribution >= 0.6 is 0 Å². The van der Waals surface area contributed by atoms with Crippen molar-refractivity contribution >= 4 is 5.69 Å². The Morgan fingerprint density at radius 2 is 1.74 bits per heavy atom. The van der Waals surface area contributed by atoms with Gasteiger partial charge in [-0.05, 0) is 17.7 Å². The summed E-state index contributed by atoms with van der Waals surface area (Å²) in [5.74, 6) is 0.913. The molecule has 0 spiro atoms. The van der Waals surface area contributed by atoms with Crippen LogP contribution in [0.4, 0.5) is 5.69 Å². The van der Waals surface area contributed by atoms with Crippen LogP contribution in [0.3, 0.4) is 0 Å². The van der Waals surface area contributed by atoms with Crippen LogP contribution in [0.5, 0.6) is 5.75 Å². The van der Waals surface area contributed by atoms with Gasteiger partial charge in [0.1, 0.15) is 5.75 Å². The third-order valence-corrected chi connectivity index (χ3v) is 4.47. The van der Waals surface area contributed by atoms with Crippen molar-refractivity contribution in [1.29, 1.82) is 0 Å². The van der Waals surface area contributed by atoms with E-state index in [1.165, 1.54) is 11.3 Å². The number of nitrogens with zero attached hydrogens (tertiary/aromatic N) is 2. The number of benzene rings is 2. The van der Waals surface area contributed by atoms with Gasteiger partial charge in [-0.1, -0.05) is 36.4 Å². The summed E-state index contributed by atoms with van der Waals surface area (Å²) in [6, 6.07) is 18.7. The minimum Gasteiger partial charge on any atom is -0.497 e. The zero-order chi connectivity index (χ0) is 16.1. The van der Waals surface area contributed by atoms with Crippen LogP contribution in [0.15, 0.2) is 54.6 Å². The van der Waals surface area contributed by atoms with Crippen LogP contribution in [0.2, 0.25) is 0 Å². The second-order valence-electron chi connectivity index (χ2n) is 6.01. The zero-order valence-corrected chi connectivity index (χ0v) is 13.7. The Hall–Kier alpha value is -2.04. The molecule has 0 aliphatic carbocycles. The summed E-state index contributed by atoms with van der Waals surface area (Å²) in [4.78, 5) is 4.86. The number of hydrogen-bond acceptors (Lipinski definition) is 4. The predicted molar refractivity (Wildman–Crippen MR) is 95.0 cm³/mol. The standard InChI is InChI=1S/C19H25N3O/c1-23-18-9-5-8-17(14-18)22-12-10-21(11-13-22)15-19(20)16-6-3-2-4-7-16/h2-9,14,19H,10-13,15,20H2,1H3. The van der Waals surface area contributed by atoms with Crippen LogP contribution in [0.1, 0.15) is 11.6 Å². The Balaban J connectivity index is 1.54. The summed E-state index contributed by atoms with van der Waals surface area (Å²) in [7, 11) is 1.71. The summed E-state index contributed by atoms with van der Waals surface area (Å²) in [6.45, 7) is 5.04. The molecule has 0 amide bonds. The highest BCUT2D eigenvalue weighted by molar-refractivity contribution is 5.51. The highest BCUT2D eigenvalue weighted by Gasteiger charge is 2.19. The Morgan fingerprint density at radius 3 is 2.43 bits per heavy atom. The number of anilines is 1. The summed E-state index contributed by atoms with van der Waals surface area (Å²) < 4.78 is 5.31. The van der Waals surface area contributed by atoms with Crippen molar-refractivity contribution in [2.75, 3.05) is 44.7 Å². The molecule has 0 aromatic heterocycles. The molecule has 1 heterocycles. The summed E-state index contributed by atoms with van der Waals surface area (Å²) in [5, 5.41) is 0. The Morgan fingerprint density at radius 1 is 1.00 bits per heavy atom. The lowest BCUT2D eigenvalue weighted by atomic mass is 10.1. The Bertz CT molecular complexity index is 609. The fraction of sp³-hybridized carbons (Fsp3) is 0.368. The fourth-order valence-corrected chi connectivity index (χ4v) is 3.08. The van der Waals surface area contributed by atoms with E-state index in [1.54, 1.807) is 7.11 Å². The van der Waals surface area contributed by atoms with Crippen LogP contribution in [0, 0.1) is 0 Å². The first-order valence-electron chi connectivity index (χ1n) is 8.18. The molecule has 122 valence electrons. The van der Waals surface area contributed by atoms with Gasteiger partial charge in [-0.2, -0.15) is 0 Å². The van der Waals surface area contributed by atoms with Gasteiger partial charge >= 0.3 is 0 Å². The van der Waals surface area contributed by atoms with E-state index in [4.69, 9.17) is 10.5 Å². The molecule has 0 radical (unpaired) electrons. The van der Waals surface area contributed by atoms with Gasteiger partial charge in [0.05, 0.1) is 7.11 Å². The first-order valence-corrected chi connectivity index (χ1v) is 8.18. The normalized spacial score (nSPS) is 17.0. The van der Waals surface area contributed by atoms with Crippen molar-refractivity contribution in [3.63, 3.8) is 0 Å². The average Bonchev–Trinajstić information content (AvgIpc) is 2.63. The molecule has 1 atom stereocenters. The SMILES string of the molecule is COc1cccc(N2CCN(CC(N)c3ccccc3)CC2)c1. The van der Waals surface area contributed by atoms with Crippen molar-refractivity contribution < 1.29 is 4.74 Å². The molecule has 0 saturated carbocycles. The van der Waals surface area contributed by atoms with E-state index >= 15 is 0 Å². The molecule has 3 rings (SSSR count). The van der Waals surface area contributed by atoms with Gasteiger partial charge in [-0.15, -0.1) is 0 Å². The summed E-state index contributed by atoms with van der Waals surface area (Å²) >= 11 is 0. The van der Waals surface area contributed by atoms with E-state index in [-0.39, 0.29) is 6.04 Å². The topological polar surface area (TPSA) is 41.7 Å². The van der Waals surface area contributed by atoms with Gasteiger partial charge in [0.25, 0.3) is 0 Å². The van der Waals surface area contributed by atoms with Crippen LogP contribution in [-0.2, 0) is 0 Å². The van der Waals surface area contributed by atoms with Crippen LogP contribution < -0.4 is 15.4 Å². The predicted octanol–water partition coefficient (Wildman–Crippen LogP) is 2.52. The van der Waals surface area contributed by atoms with Gasteiger partial charge in [-0.3, -0.25) is 4.90 Å². The molecular weight excluding hydrogens is 286 g/mol.